The van der Waals surface area contributed by atoms with Crippen LogP contribution in [0, 0.1) is 5.82 Å². The summed E-state index contributed by atoms with van der Waals surface area (Å²) in [6.07, 6.45) is 3.27. The van der Waals surface area contributed by atoms with Crippen molar-refractivity contribution in [1.29, 1.82) is 0 Å². The number of nitrogens with one attached hydrogen (secondary N) is 3. The number of anilines is 2. The fraction of sp³-hybridized carbons (Fsp3) is 0.357. The minimum absolute atomic E-state index is 0.0183. The number of halogens is 1. The van der Waals surface area contributed by atoms with Gasteiger partial charge >= 0.3 is 0 Å². The van der Waals surface area contributed by atoms with Gasteiger partial charge in [-0.1, -0.05) is 26.0 Å². The smallest absolute Gasteiger partial charge is 0.254 e. The third-order valence-electron chi connectivity index (χ3n) is 7.18. The summed E-state index contributed by atoms with van der Waals surface area (Å²) in [6, 6.07) is 12.1. The Morgan fingerprint density at radius 3 is 2.73 bits per heavy atom. The van der Waals surface area contributed by atoms with Gasteiger partial charge in [-0.2, -0.15) is 0 Å². The average molecular weight is 503 g/mol. The Hall–Kier alpha value is -3.85. The molecule has 0 saturated carbocycles. The number of benzene rings is 2. The van der Waals surface area contributed by atoms with E-state index in [1.807, 2.05) is 18.2 Å². The summed E-state index contributed by atoms with van der Waals surface area (Å²) in [5, 5.41) is 8.81. The highest BCUT2D eigenvalue weighted by molar-refractivity contribution is 5.98. The SMILES string of the molecule is CN1CCC(NC(=O)c2cccc(Nc3nccc(-c4ccc5c(c4)C(C)(C)CNC5=O)n3)c2F)CC1. The molecule has 5 rings (SSSR count). The van der Waals surface area contributed by atoms with E-state index in [1.54, 1.807) is 24.4 Å². The lowest BCUT2D eigenvalue weighted by atomic mass is 9.78. The van der Waals surface area contributed by atoms with Crippen molar-refractivity contribution in [2.24, 2.45) is 0 Å². The van der Waals surface area contributed by atoms with Gasteiger partial charge < -0.3 is 20.9 Å². The number of carbonyl (C=O) groups excluding carboxylic acids is 2. The third-order valence-corrected chi connectivity index (χ3v) is 7.18. The van der Waals surface area contributed by atoms with Crippen LogP contribution in [0.2, 0.25) is 0 Å². The number of piperidine rings is 1. The highest BCUT2D eigenvalue weighted by Gasteiger charge is 2.31. The first-order chi connectivity index (χ1) is 17.7. The standard InChI is InChI=1S/C28H31FN6O2/c1-28(2)16-31-25(36)19-8-7-17(15-21(19)28)22-9-12-30-27(33-22)34-23-6-4-5-20(24(23)29)26(37)32-18-10-13-35(3)14-11-18/h4-9,12,15,18H,10-11,13-14,16H2,1-3H3,(H,31,36)(H,32,37)(H,30,33,34). The van der Waals surface area contributed by atoms with E-state index in [2.05, 4.69) is 51.7 Å². The molecule has 37 heavy (non-hydrogen) atoms. The van der Waals surface area contributed by atoms with E-state index >= 15 is 4.39 Å². The predicted molar refractivity (Wildman–Crippen MR) is 140 cm³/mol. The summed E-state index contributed by atoms with van der Waals surface area (Å²) in [5.74, 6) is -0.949. The molecule has 0 aliphatic carbocycles. The lowest BCUT2D eigenvalue weighted by Crippen LogP contribution is -2.43. The Bertz CT molecular complexity index is 1350. The van der Waals surface area contributed by atoms with E-state index in [0.717, 1.165) is 37.1 Å². The Morgan fingerprint density at radius 2 is 1.95 bits per heavy atom. The molecule has 0 radical (unpaired) electrons. The van der Waals surface area contributed by atoms with Crippen molar-refractivity contribution >= 4 is 23.5 Å². The minimum Gasteiger partial charge on any atom is -0.351 e. The summed E-state index contributed by atoms with van der Waals surface area (Å²) in [6.45, 7) is 6.52. The fourth-order valence-electron chi connectivity index (χ4n) is 4.87. The lowest BCUT2D eigenvalue weighted by Gasteiger charge is -2.32. The van der Waals surface area contributed by atoms with Crippen molar-refractivity contribution in [2.45, 2.75) is 38.1 Å². The summed E-state index contributed by atoms with van der Waals surface area (Å²) < 4.78 is 15.3. The molecule has 1 saturated heterocycles. The molecule has 8 nitrogen and oxygen atoms in total. The zero-order valence-corrected chi connectivity index (χ0v) is 21.3. The molecule has 3 heterocycles. The summed E-state index contributed by atoms with van der Waals surface area (Å²) in [7, 11) is 2.05. The van der Waals surface area contributed by atoms with Gasteiger partial charge in [0.05, 0.1) is 16.9 Å². The van der Waals surface area contributed by atoms with Crippen molar-refractivity contribution < 1.29 is 14.0 Å². The van der Waals surface area contributed by atoms with Crippen LogP contribution in [0.3, 0.4) is 0 Å². The molecule has 192 valence electrons. The predicted octanol–water partition coefficient (Wildman–Crippen LogP) is 3.87. The molecule has 0 unspecified atom stereocenters. The van der Waals surface area contributed by atoms with Crippen LogP contribution in [-0.2, 0) is 5.41 Å². The van der Waals surface area contributed by atoms with E-state index < -0.39 is 11.7 Å². The monoisotopic (exact) mass is 502 g/mol. The number of carbonyl (C=O) groups is 2. The van der Waals surface area contributed by atoms with Crippen molar-refractivity contribution in [3.05, 3.63) is 71.2 Å². The van der Waals surface area contributed by atoms with Gasteiger partial charge in [0.2, 0.25) is 5.95 Å². The van der Waals surface area contributed by atoms with Crippen LogP contribution in [-0.4, -0.2) is 59.4 Å². The van der Waals surface area contributed by atoms with Crippen LogP contribution in [0.1, 0.15) is 53.0 Å². The maximum absolute atomic E-state index is 15.3. The van der Waals surface area contributed by atoms with E-state index in [1.165, 1.54) is 6.07 Å². The number of fused-ring (bicyclic) bond motifs is 1. The molecule has 0 atom stereocenters. The zero-order chi connectivity index (χ0) is 26.2. The number of hydrogen-bond donors (Lipinski definition) is 3. The Morgan fingerprint density at radius 1 is 1.16 bits per heavy atom. The molecule has 3 N–H and O–H groups in total. The van der Waals surface area contributed by atoms with E-state index in [-0.39, 0.29) is 34.6 Å². The molecule has 1 fully saturated rings. The maximum atomic E-state index is 15.3. The zero-order valence-electron chi connectivity index (χ0n) is 21.3. The molecule has 2 aromatic carbocycles. The van der Waals surface area contributed by atoms with Crippen LogP contribution in [0.5, 0.6) is 0 Å². The molecular formula is C28H31FN6O2. The molecule has 9 heteroatoms. The summed E-state index contributed by atoms with van der Waals surface area (Å²) in [4.78, 5) is 36.1. The first-order valence-corrected chi connectivity index (χ1v) is 12.5. The van der Waals surface area contributed by atoms with Gasteiger partial charge in [-0.3, -0.25) is 9.59 Å². The molecule has 3 aromatic rings. The third kappa shape index (κ3) is 5.17. The molecule has 1 aromatic heterocycles. The van der Waals surface area contributed by atoms with Crippen molar-refractivity contribution in [3.63, 3.8) is 0 Å². The Balaban J connectivity index is 1.36. The van der Waals surface area contributed by atoms with Gasteiger partial charge in [0.1, 0.15) is 0 Å². The first kappa shape index (κ1) is 24.8. The fourth-order valence-corrected chi connectivity index (χ4v) is 4.87. The average Bonchev–Trinajstić information content (AvgIpc) is 2.89. The van der Waals surface area contributed by atoms with Gasteiger partial charge in [0.25, 0.3) is 11.8 Å². The molecular weight excluding hydrogens is 471 g/mol. The van der Waals surface area contributed by atoms with Gasteiger partial charge in [0, 0.05) is 35.3 Å². The molecule has 2 aliphatic heterocycles. The second-order valence-electron chi connectivity index (χ2n) is 10.4. The van der Waals surface area contributed by atoms with Crippen molar-refractivity contribution in [3.8, 4) is 11.3 Å². The second kappa shape index (κ2) is 9.89. The highest BCUT2D eigenvalue weighted by Crippen LogP contribution is 2.33. The molecule has 2 amide bonds. The van der Waals surface area contributed by atoms with Gasteiger partial charge in [-0.15, -0.1) is 0 Å². The van der Waals surface area contributed by atoms with Crippen LogP contribution in [0.25, 0.3) is 11.3 Å². The van der Waals surface area contributed by atoms with Gasteiger partial charge in [0.15, 0.2) is 5.82 Å². The Labute approximate surface area is 215 Å². The number of likely N-dealkylation sites (tertiary alicyclic amines) is 1. The van der Waals surface area contributed by atoms with Crippen molar-refractivity contribution in [1.82, 2.24) is 25.5 Å². The molecule has 0 bridgehead atoms. The number of amides is 2. The molecule has 0 spiro atoms. The van der Waals surface area contributed by atoms with Crippen LogP contribution < -0.4 is 16.0 Å². The summed E-state index contributed by atoms with van der Waals surface area (Å²) in [5.41, 5.74) is 2.97. The lowest BCUT2D eigenvalue weighted by molar-refractivity contribution is 0.0909. The van der Waals surface area contributed by atoms with Gasteiger partial charge in [-0.25, -0.2) is 14.4 Å². The number of rotatable bonds is 5. The highest BCUT2D eigenvalue weighted by atomic mass is 19.1. The summed E-state index contributed by atoms with van der Waals surface area (Å²) >= 11 is 0. The van der Waals surface area contributed by atoms with E-state index in [4.69, 9.17) is 0 Å². The number of aromatic nitrogens is 2. The van der Waals surface area contributed by atoms with Gasteiger partial charge in [-0.05, 0) is 68.9 Å². The quantitative estimate of drug-likeness (QED) is 0.490. The number of nitrogens with zero attached hydrogens (tertiary/aromatic N) is 3. The molecule has 2 aliphatic rings. The second-order valence-corrected chi connectivity index (χ2v) is 10.4. The normalized spacial score (nSPS) is 17.6. The van der Waals surface area contributed by atoms with Crippen LogP contribution in [0.4, 0.5) is 16.0 Å². The first-order valence-electron chi connectivity index (χ1n) is 12.5. The van der Waals surface area contributed by atoms with E-state index in [0.29, 0.717) is 17.8 Å². The largest absolute Gasteiger partial charge is 0.351 e. The van der Waals surface area contributed by atoms with E-state index in [9.17, 15) is 9.59 Å². The Kier molecular flexibility index (Phi) is 6.64. The topological polar surface area (TPSA) is 99.3 Å². The minimum atomic E-state index is -0.650. The maximum Gasteiger partial charge on any atom is 0.254 e. The van der Waals surface area contributed by atoms with Crippen molar-refractivity contribution in [2.75, 3.05) is 32.0 Å². The number of hydrogen-bond acceptors (Lipinski definition) is 6. The van der Waals surface area contributed by atoms with Crippen LogP contribution >= 0.6 is 0 Å². The van der Waals surface area contributed by atoms with Crippen LogP contribution in [0.15, 0.2) is 48.7 Å².